The van der Waals surface area contributed by atoms with E-state index in [4.69, 9.17) is 16.3 Å². The largest absolute Gasteiger partial charge is 0.380 e. The van der Waals surface area contributed by atoms with Gasteiger partial charge < -0.3 is 20.3 Å². The predicted octanol–water partition coefficient (Wildman–Crippen LogP) is -0.645. The van der Waals surface area contributed by atoms with Crippen LogP contribution in [0.15, 0.2) is 0 Å². The molecule has 2 amide bonds. The van der Waals surface area contributed by atoms with Gasteiger partial charge in [0.25, 0.3) is 5.91 Å². The number of alkyl halides is 1. The Hall–Kier alpha value is -0.660. The molecule has 5 heterocycles. The number of amides is 2. The van der Waals surface area contributed by atoms with Crippen molar-refractivity contribution in [2.45, 2.75) is 73.3 Å². The Balaban J connectivity index is 1.17. The lowest BCUT2D eigenvalue weighted by Crippen LogP contribution is -2.57. The number of halogens is 1. The summed E-state index contributed by atoms with van der Waals surface area (Å²) in [4.78, 5) is 30.7. The number of ether oxygens (including phenoxy) is 1. The van der Waals surface area contributed by atoms with Crippen LogP contribution in [-0.2, 0) is 14.3 Å². The second kappa shape index (κ2) is 11.2. The molecule has 0 aromatic heterocycles. The first-order valence-corrected chi connectivity index (χ1v) is 14.7. The molecular weight excluding hydrogens is 502 g/mol. The zero-order valence-electron chi connectivity index (χ0n) is 21.7. The number of thioether (sulfide) groups is 1. The molecule has 5 fully saturated rings. The van der Waals surface area contributed by atoms with Gasteiger partial charge in [0.15, 0.2) is 0 Å². The van der Waals surface area contributed by atoms with E-state index in [1.165, 1.54) is 0 Å². The van der Waals surface area contributed by atoms with Crippen molar-refractivity contribution in [2.75, 3.05) is 46.9 Å². The van der Waals surface area contributed by atoms with Crippen molar-refractivity contribution in [2.24, 2.45) is 17.8 Å². The van der Waals surface area contributed by atoms with Gasteiger partial charge in [-0.15, -0.1) is 23.4 Å². The third-order valence-corrected chi connectivity index (χ3v) is 10.4. The number of nitrogens with zero attached hydrogens (tertiary/aromatic N) is 2. The number of hydrogen-bond donors (Lipinski definition) is 5. The molecule has 5 aliphatic rings. The maximum absolute atomic E-state index is 13.6. The number of methoxy groups -OCH3 is 1. The first-order chi connectivity index (χ1) is 17.2. The molecule has 204 valence electrons. The van der Waals surface area contributed by atoms with E-state index in [9.17, 15) is 9.59 Å². The Morgan fingerprint density at radius 1 is 1.03 bits per heavy atom. The molecule has 0 radical (unpaired) electrons. The monoisotopic (exact) mass is 543 g/mol. The SMILES string of the molecule is COC1CNC(Cl)CC1C1CC(C)NCC1C(=O)NC1NC2CN(C(=O)C3NC(C)CN3C)CC2S1. The van der Waals surface area contributed by atoms with E-state index in [2.05, 4.69) is 45.3 Å². The zero-order valence-corrected chi connectivity index (χ0v) is 23.3. The van der Waals surface area contributed by atoms with Crippen molar-refractivity contribution in [3.8, 4) is 0 Å². The standard InChI is InChI=1S/C24H42ClN7O3S/c1-12-5-14(15-6-20(25)27-8-18(15)35-4)16(7-26-12)22(33)30-24-29-17-10-32(11-19(17)36-24)23(34)21-28-13(2)9-31(21)3/h12-21,24,26-29H,5-11H2,1-4H3,(H,30,33). The molecular formula is C24H42ClN7O3S. The van der Waals surface area contributed by atoms with Crippen LogP contribution in [0, 0.1) is 17.8 Å². The Labute approximate surface area is 223 Å². The van der Waals surface area contributed by atoms with Crippen molar-refractivity contribution in [3.05, 3.63) is 0 Å². The Bertz CT molecular complexity index is 813. The summed E-state index contributed by atoms with van der Waals surface area (Å²) < 4.78 is 5.80. The van der Waals surface area contributed by atoms with E-state index in [0.717, 1.165) is 19.4 Å². The van der Waals surface area contributed by atoms with Gasteiger partial charge >= 0.3 is 0 Å². The number of carbonyl (C=O) groups is 2. The van der Waals surface area contributed by atoms with Gasteiger partial charge in [-0.2, -0.15) is 0 Å². The number of likely N-dealkylation sites (tertiary alicyclic amines) is 1. The molecule has 5 rings (SSSR count). The predicted molar refractivity (Wildman–Crippen MR) is 141 cm³/mol. The number of carbonyl (C=O) groups excluding carboxylic acids is 2. The van der Waals surface area contributed by atoms with Gasteiger partial charge in [-0.3, -0.25) is 30.4 Å². The van der Waals surface area contributed by atoms with Crippen molar-refractivity contribution in [1.29, 1.82) is 0 Å². The molecule has 5 saturated heterocycles. The molecule has 0 bridgehead atoms. The number of piperidine rings is 2. The van der Waals surface area contributed by atoms with Crippen molar-refractivity contribution in [1.82, 2.24) is 36.4 Å². The van der Waals surface area contributed by atoms with E-state index in [0.29, 0.717) is 38.3 Å². The van der Waals surface area contributed by atoms with Crippen LogP contribution < -0.4 is 26.6 Å². The molecule has 5 N–H and O–H groups in total. The fraction of sp³-hybridized carbons (Fsp3) is 0.917. The first-order valence-electron chi connectivity index (χ1n) is 13.3. The van der Waals surface area contributed by atoms with Gasteiger partial charge in [0.05, 0.1) is 17.5 Å². The smallest absolute Gasteiger partial charge is 0.254 e. The summed E-state index contributed by atoms with van der Waals surface area (Å²) in [5, 5.41) is 17.3. The van der Waals surface area contributed by atoms with E-state index in [1.807, 2.05) is 11.9 Å². The summed E-state index contributed by atoms with van der Waals surface area (Å²) in [6, 6.07) is 0.866. The maximum atomic E-state index is 13.6. The van der Waals surface area contributed by atoms with Crippen LogP contribution in [0.5, 0.6) is 0 Å². The zero-order chi connectivity index (χ0) is 25.6. The minimum atomic E-state index is -0.240. The molecule has 11 unspecified atom stereocenters. The highest BCUT2D eigenvalue weighted by atomic mass is 35.5. The summed E-state index contributed by atoms with van der Waals surface area (Å²) in [6.45, 7) is 7.93. The number of rotatable bonds is 5. The number of nitrogens with one attached hydrogen (secondary N) is 5. The lowest BCUT2D eigenvalue weighted by molar-refractivity contribution is -0.135. The number of hydrogen-bond acceptors (Lipinski definition) is 9. The molecule has 36 heavy (non-hydrogen) atoms. The molecule has 0 aromatic rings. The highest BCUT2D eigenvalue weighted by Gasteiger charge is 2.48. The lowest BCUT2D eigenvalue weighted by atomic mass is 9.70. The molecule has 5 aliphatic heterocycles. The van der Waals surface area contributed by atoms with Gasteiger partial charge in [0, 0.05) is 63.2 Å². The second-order valence-electron chi connectivity index (χ2n) is 11.4. The molecule has 12 heteroatoms. The van der Waals surface area contributed by atoms with Crippen LogP contribution in [0.2, 0.25) is 0 Å². The quantitative estimate of drug-likeness (QED) is 0.228. The number of likely N-dealkylation sites (N-methyl/N-ethyl adjacent to an activating group) is 1. The van der Waals surface area contributed by atoms with Crippen LogP contribution in [0.25, 0.3) is 0 Å². The van der Waals surface area contributed by atoms with Gasteiger partial charge in [0.1, 0.15) is 11.7 Å². The van der Waals surface area contributed by atoms with E-state index in [-0.39, 0.29) is 64.1 Å². The third kappa shape index (κ3) is 5.54. The summed E-state index contributed by atoms with van der Waals surface area (Å²) in [7, 11) is 3.75. The number of fused-ring (bicyclic) bond motifs is 1. The fourth-order valence-corrected chi connectivity index (χ4v) is 8.57. The van der Waals surface area contributed by atoms with E-state index < -0.39 is 0 Å². The van der Waals surface area contributed by atoms with Crippen molar-refractivity contribution >= 4 is 35.2 Å². The van der Waals surface area contributed by atoms with Crippen LogP contribution in [-0.4, -0.2) is 115 Å². The van der Waals surface area contributed by atoms with Crippen LogP contribution in [0.4, 0.5) is 0 Å². The van der Waals surface area contributed by atoms with Gasteiger partial charge in [-0.1, -0.05) is 0 Å². The molecule has 11 atom stereocenters. The van der Waals surface area contributed by atoms with E-state index in [1.54, 1.807) is 18.9 Å². The topological polar surface area (TPSA) is 110 Å². The van der Waals surface area contributed by atoms with Gasteiger partial charge in [0.2, 0.25) is 5.91 Å². The minimum Gasteiger partial charge on any atom is -0.380 e. The molecule has 0 spiro atoms. The first kappa shape index (κ1) is 26.9. The van der Waals surface area contributed by atoms with E-state index >= 15 is 0 Å². The summed E-state index contributed by atoms with van der Waals surface area (Å²) in [6.07, 6.45) is 1.55. The summed E-state index contributed by atoms with van der Waals surface area (Å²) in [5.41, 5.74) is -0.223. The van der Waals surface area contributed by atoms with Gasteiger partial charge in [-0.05, 0) is 45.6 Å². The average Bonchev–Trinajstić information content (AvgIpc) is 3.50. The maximum Gasteiger partial charge on any atom is 0.254 e. The summed E-state index contributed by atoms with van der Waals surface area (Å²) in [5.74, 6) is 0.566. The van der Waals surface area contributed by atoms with Gasteiger partial charge in [-0.25, -0.2) is 0 Å². The Morgan fingerprint density at radius 2 is 1.83 bits per heavy atom. The van der Waals surface area contributed by atoms with Crippen molar-refractivity contribution in [3.63, 3.8) is 0 Å². The van der Waals surface area contributed by atoms with Crippen LogP contribution in [0.1, 0.15) is 26.7 Å². The molecule has 10 nitrogen and oxygen atoms in total. The van der Waals surface area contributed by atoms with Crippen LogP contribution >= 0.6 is 23.4 Å². The van der Waals surface area contributed by atoms with Crippen LogP contribution in [0.3, 0.4) is 0 Å². The minimum absolute atomic E-state index is 0.0591. The normalized spacial score (nSPS) is 45.6. The average molecular weight is 544 g/mol. The molecule has 0 aromatic carbocycles. The van der Waals surface area contributed by atoms with Crippen molar-refractivity contribution < 1.29 is 14.3 Å². The third-order valence-electron chi connectivity index (χ3n) is 8.72. The fourth-order valence-electron chi connectivity index (χ4n) is 6.87. The highest BCUT2D eigenvalue weighted by molar-refractivity contribution is 8.00. The molecule has 0 saturated carbocycles. The summed E-state index contributed by atoms with van der Waals surface area (Å²) >= 11 is 8.20. The molecule has 0 aliphatic carbocycles. The highest BCUT2D eigenvalue weighted by Crippen LogP contribution is 2.38. The second-order valence-corrected chi connectivity index (χ2v) is 13.2. The Morgan fingerprint density at radius 3 is 2.53 bits per heavy atom. The lowest BCUT2D eigenvalue weighted by Gasteiger charge is -2.45. The Kier molecular flexibility index (Phi) is 8.39.